The molecule has 2 amide bonds. The first-order valence-corrected chi connectivity index (χ1v) is 5.33. The zero-order chi connectivity index (χ0) is 11.4. The highest BCUT2D eigenvalue weighted by Gasteiger charge is 2.31. The lowest BCUT2D eigenvalue weighted by Crippen LogP contribution is -2.55. The minimum atomic E-state index is -0.103. The third kappa shape index (κ3) is 3.00. The first-order valence-electron chi connectivity index (χ1n) is 5.33. The molecule has 0 aliphatic carbocycles. The van der Waals surface area contributed by atoms with Gasteiger partial charge in [-0.1, -0.05) is 0 Å². The minimum Gasteiger partial charge on any atom is -0.330 e. The Labute approximate surface area is 90.2 Å². The van der Waals surface area contributed by atoms with Gasteiger partial charge in [0.1, 0.15) is 0 Å². The Hall–Kier alpha value is -0.940. The van der Waals surface area contributed by atoms with Crippen LogP contribution in [0.5, 0.6) is 0 Å². The van der Waals surface area contributed by atoms with Crippen LogP contribution in [0.2, 0.25) is 0 Å². The Morgan fingerprint density at radius 2 is 1.80 bits per heavy atom. The van der Waals surface area contributed by atoms with Crippen molar-refractivity contribution >= 4 is 11.8 Å². The van der Waals surface area contributed by atoms with E-state index in [2.05, 4.69) is 0 Å². The van der Waals surface area contributed by atoms with Crippen LogP contribution in [0.3, 0.4) is 0 Å². The summed E-state index contributed by atoms with van der Waals surface area (Å²) < 4.78 is 0. The van der Waals surface area contributed by atoms with Gasteiger partial charge in [-0.2, -0.15) is 0 Å². The van der Waals surface area contributed by atoms with Crippen molar-refractivity contribution < 1.29 is 9.59 Å². The molecule has 1 aliphatic rings. The highest BCUT2D eigenvalue weighted by atomic mass is 16.2. The molecule has 1 rings (SSSR count). The molecule has 0 saturated carbocycles. The predicted octanol–water partition coefficient (Wildman–Crippen LogP) is -0.586. The summed E-state index contributed by atoms with van der Waals surface area (Å²) in [6.45, 7) is 5.61. The molecule has 0 unspecified atom stereocenters. The van der Waals surface area contributed by atoms with E-state index in [1.807, 2.05) is 18.7 Å². The van der Waals surface area contributed by atoms with Gasteiger partial charge in [0.05, 0.1) is 13.1 Å². The Morgan fingerprint density at radius 3 is 2.20 bits per heavy atom. The molecule has 86 valence electrons. The number of piperazine rings is 1. The molecule has 2 N–H and O–H groups in total. The fourth-order valence-electron chi connectivity index (χ4n) is 1.58. The maximum absolute atomic E-state index is 11.6. The number of carbonyl (C=O) groups is 2. The normalized spacial score (nSPS) is 19.1. The monoisotopic (exact) mass is 213 g/mol. The van der Waals surface area contributed by atoms with Crippen LogP contribution in [0.25, 0.3) is 0 Å². The van der Waals surface area contributed by atoms with Gasteiger partial charge >= 0.3 is 0 Å². The predicted molar refractivity (Wildman–Crippen MR) is 57.1 cm³/mol. The zero-order valence-electron chi connectivity index (χ0n) is 9.40. The average molecular weight is 213 g/mol. The van der Waals surface area contributed by atoms with Gasteiger partial charge in [-0.05, 0) is 26.8 Å². The summed E-state index contributed by atoms with van der Waals surface area (Å²) in [5.74, 6) is -0.207. The first-order chi connectivity index (χ1) is 7.06. The third-order valence-electron chi connectivity index (χ3n) is 2.59. The molecule has 1 heterocycles. The van der Waals surface area contributed by atoms with Gasteiger partial charge in [0, 0.05) is 12.6 Å². The zero-order valence-corrected chi connectivity index (χ0v) is 9.40. The molecular formula is C10H19N3O2. The van der Waals surface area contributed by atoms with Crippen molar-refractivity contribution in [3.63, 3.8) is 0 Å². The Balaban J connectivity index is 2.57. The van der Waals surface area contributed by atoms with E-state index in [0.29, 0.717) is 32.6 Å². The summed E-state index contributed by atoms with van der Waals surface area (Å²) >= 11 is 0. The molecule has 0 radical (unpaired) electrons. The lowest BCUT2D eigenvalue weighted by atomic mass is 10.2. The van der Waals surface area contributed by atoms with Crippen molar-refractivity contribution in [1.29, 1.82) is 0 Å². The third-order valence-corrected chi connectivity index (χ3v) is 2.59. The van der Waals surface area contributed by atoms with Gasteiger partial charge in [-0.3, -0.25) is 19.4 Å². The Kier molecular flexibility index (Phi) is 4.23. The number of nitrogens with zero attached hydrogens (tertiary/aromatic N) is 2. The Morgan fingerprint density at radius 1 is 1.27 bits per heavy atom. The van der Waals surface area contributed by atoms with E-state index in [4.69, 9.17) is 5.73 Å². The molecular weight excluding hydrogens is 194 g/mol. The van der Waals surface area contributed by atoms with Crippen LogP contribution in [0, 0.1) is 0 Å². The quantitative estimate of drug-likeness (QED) is 0.634. The molecule has 15 heavy (non-hydrogen) atoms. The van der Waals surface area contributed by atoms with Crippen LogP contribution < -0.4 is 5.73 Å². The van der Waals surface area contributed by atoms with Gasteiger partial charge in [0.2, 0.25) is 11.8 Å². The largest absolute Gasteiger partial charge is 0.330 e. The molecule has 5 nitrogen and oxygen atoms in total. The number of hydrogen-bond donors (Lipinski definition) is 1. The maximum Gasteiger partial charge on any atom is 0.243 e. The summed E-state index contributed by atoms with van der Waals surface area (Å²) in [7, 11) is 0. The number of hydrogen-bond acceptors (Lipinski definition) is 4. The molecule has 0 spiro atoms. The van der Waals surface area contributed by atoms with Crippen molar-refractivity contribution in [2.75, 3.05) is 26.2 Å². The summed E-state index contributed by atoms with van der Waals surface area (Å²) in [4.78, 5) is 26.5. The van der Waals surface area contributed by atoms with Gasteiger partial charge < -0.3 is 5.73 Å². The summed E-state index contributed by atoms with van der Waals surface area (Å²) in [6, 6.07) is 0.231. The van der Waals surface area contributed by atoms with Crippen molar-refractivity contribution in [3.05, 3.63) is 0 Å². The first kappa shape index (κ1) is 12.1. The van der Waals surface area contributed by atoms with Crippen LogP contribution in [-0.4, -0.2) is 53.8 Å². The molecule has 0 aromatic rings. The van der Waals surface area contributed by atoms with E-state index in [-0.39, 0.29) is 17.9 Å². The smallest absolute Gasteiger partial charge is 0.243 e. The summed E-state index contributed by atoms with van der Waals surface area (Å²) in [5, 5.41) is 0. The Bertz CT molecular complexity index is 235. The second kappa shape index (κ2) is 5.23. The summed E-state index contributed by atoms with van der Waals surface area (Å²) in [6.07, 6.45) is 0.680. The standard InChI is InChI=1S/C10H19N3O2/c1-8(2)12-6-9(14)13(5-3-4-11)10(15)7-12/h8H,3-7,11H2,1-2H3. The average Bonchev–Trinajstić information content (AvgIpc) is 2.16. The van der Waals surface area contributed by atoms with Crippen LogP contribution in [-0.2, 0) is 9.59 Å². The minimum absolute atomic E-state index is 0.103. The van der Waals surface area contributed by atoms with Gasteiger partial charge in [0.15, 0.2) is 0 Å². The number of imide groups is 1. The van der Waals surface area contributed by atoms with E-state index in [0.717, 1.165) is 0 Å². The fraction of sp³-hybridized carbons (Fsp3) is 0.800. The van der Waals surface area contributed by atoms with E-state index >= 15 is 0 Å². The molecule has 1 saturated heterocycles. The van der Waals surface area contributed by atoms with E-state index in [1.54, 1.807) is 0 Å². The SMILES string of the molecule is CC(C)N1CC(=O)N(CCCN)C(=O)C1. The highest BCUT2D eigenvalue weighted by molar-refractivity contribution is 5.99. The number of carbonyl (C=O) groups excluding carboxylic acids is 2. The molecule has 0 aromatic heterocycles. The van der Waals surface area contributed by atoms with Crippen LogP contribution in [0.1, 0.15) is 20.3 Å². The lowest BCUT2D eigenvalue weighted by molar-refractivity contribution is -0.152. The molecule has 0 aromatic carbocycles. The van der Waals surface area contributed by atoms with E-state index in [9.17, 15) is 9.59 Å². The van der Waals surface area contributed by atoms with Crippen molar-refractivity contribution in [1.82, 2.24) is 9.80 Å². The molecule has 0 atom stereocenters. The summed E-state index contributed by atoms with van der Waals surface area (Å²) in [5.41, 5.74) is 5.35. The van der Waals surface area contributed by atoms with Gasteiger partial charge in [0.25, 0.3) is 0 Å². The molecule has 5 heteroatoms. The number of amides is 2. The molecule has 1 fully saturated rings. The van der Waals surface area contributed by atoms with Crippen molar-refractivity contribution in [2.24, 2.45) is 5.73 Å². The lowest BCUT2D eigenvalue weighted by Gasteiger charge is -2.34. The fourth-order valence-corrected chi connectivity index (χ4v) is 1.58. The molecule has 1 aliphatic heterocycles. The van der Waals surface area contributed by atoms with Gasteiger partial charge in [-0.15, -0.1) is 0 Å². The topological polar surface area (TPSA) is 66.6 Å². The second-order valence-electron chi connectivity index (χ2n) is 4.08. The van der Waals surface area contributed by atoms with E-state index < -0.39 is 0 Å². The van der Waals surface area contributed by atoms with E-state index in [1.165, 1.54) is 4.90 Å². The second-order valence-corrected chi connectivity index (χ2v) is 4.08. The number of nitrogens with two attached hydrogens (primary N) is 1. The van der Waals surface area contributed by atoms with Crippen LogP contribution >= 0.6 is 0 Å². The van der Waals surface area contributed by atoms with Crippen LogP contribution in [0.15, 0.2) is 0 Å². The van der Waals surface area contributed by atoms with Crippen molar-refractivity contribution in [2.45, 2.75) is 26.3 Å². The maximum atomic E-state index is 11.6. The van der Waals surface area contributed by atoms with Gasteiger partial charge in [-0.25, -0.2) is 0 Å². The van der Waals surface area contributed by atoms with Crippen molar-refractivity contribution in [3.8, 4) is 0 Å². The molecule has 0 bridgehead atoms. The number of rotatable bonds is 4. The highest BCUT2D eigenvalue weighted by Crippen LogP contribution is 2.08. The van der Waals surface area contributed by atoms with Crippen LogP contribution in [0.4, 0.5) is 0 Å².